The largest absolute Gasteiger partial charge is 0.368 e. The molecule has 4 nitrogen and oxygen atoms in total. The van der Waals surface area contributed by atoms with E-state index in [1.165, 1.54) is 0 Å². The van der Waals surface area contributed by atoms with Crippen LogP contribution >= 0.6 is 11.6 Å². The number of hydrogen-bond donors (Lipinski definition) is 2. The van der Waals surface area contributed by atoms with E-state index < -0.39 is 11.9 Å². The van der Waals surface area contributed by atoms with Gasteiger partial charge in [0, 0.05) is 17.0 Å². The van der Waals surface area contributed by atoms with E-state index in [9.17, 15) is 9.59 Å². The van der Waals surface area contributed by atoms with Crippen molar-refractivity contribution in [1.29, 1.82) is 0 Å². The molecule has 0 saturated carbocycles. The Hall–Kier alpha value is -2.85. The molecule has 126 valence electrons. The second-order valence-electron chi connectivity index (χ2n) is 5.75. The van der Waals surface area contributed by atoms with Crippen LogP contribution in [0.2, 0.25) is 5.02 Å². The van der Waals surface area contributed by atoms with Crippen LogP contribution in [-0.2, 0) is 11.2 Å². The van der Waals surface area contributed by atoms with Crippen molar-refractivity contribution in [3.63, 3.8) is 0 Å². The van der Waals surface area contributed by atoms with E-state index in [0.717, 1.165) is 16.3 Å². The number of rotatable bonds is 5. The molecule has 0 aromatic heterocycles. The van der Waals surface area contributed by atoms with Crippen LogP contribution in [0, 0.1) is 0 Å². The van der Waals surface area contributed by atoms with Crippen LogP contribution in [0.1, 0.15) is 15.9 Å². The van der Waals surface area contributed by atoms with E-state index in [1.54, 1.807) is 18.2 Å². The Labute approximate surface area is 150 Å². The maximum Gasteiger partial charge on any atom is 0.252 e. The summed E-state index contributed by atoms with van der Waals surface area (Å²) in [6.07, 6.45) is 0.242. The topological polar surface area (TPSA) is 72.2 Å². The average molecular weight is 353 g/mol. The van der Waals surface area contributed by atoms with Crippen LogP contribution in [0.5, 0.6) is 0 Å². The second kappa shape index (κ2) is 7.36. The monoisotopic (exact) mass is 352 g/mol. The minimum absolute atomic E-state index is 0.242. The Balaban J connectivity index is 1.86. The lowest BCUT2D eigenvalue weighted by Gasteiger charge is -2.17. The van der Waals surface area contributed by atoms with E-state index in [0.29, 0.717) is 10.6 Å². The number of primary amides is 1. The van der Waals surface area contributed by atoms with Crippen LogP contribution in [-0.4, -0.2) is 17.9 Å². The highest BCUT2D eigenvalue weighted by molar-refractivity contribution is 6.31. The third-order valence-electron chi connectivity index (χ3n) is 4.06. The van der Waals surface area contributed by atoms with Gasteiger partial charge in [0.25, 0.3) is 5.91 Å². The molecule has 1 atom stereocenters. The Morgan fingerprint density at radius 1 is 0.960 bits per heavy atom. The number of nitrogens with one attached hydrogen (secondary N) is 1. The first-order valence-corrected chi connectivity index (χ1v) is 8.25. The van der Waals surface area contributed by atoms with Crippen LogP contribution in [0.15, 0.2) is 66.7 Å². The van der Waals surface area contributed by atoms with Gasteiger partial charge >= 0.3 is 0 Å². The highest BCUT2D eigenvalue weighted by atomic mass is 35.5. The van der Waals surface area contributed by atoms with Gasteiger partial charge in [-0.3, -0.25) is 9.59 Å². The SMILES string of the molecule is NC(=O)[C@H](Cc1ccccc1Cl)NC(=O)c1cccc2ccccc12. The molecule has 0 radical (unpaired) electrons. The van der Waals surface area contributed by atoms with Crippen molar-refractivity contribution < 1.29 is 9.59 Å². The lowest BCUT2D eigenvalue weighted by Crippen LogP contribution is -2.45. The lowest BCUT2D eigenvalue weighted by molar-refractivity contribution is -0.119. The molecular weight excluding hydrogens is 336 g/mol. The van der Waals surface area contributed by atoms with E-state index in [-0.39, 0.29) is 12.3 Å². The molecule has 0 bridgehead atoms. The van der Waals surface area contributed by atoms with Gasteiger partial charge in [-0.05, 0) is 28.5 Å². The number of fused-ring (bicyclic) bond motifs is 1. The summed E-state index contributed by atoms with van der Waals surface area (Å²) in [7, 11) is 0. The van der Waals surface area contributed by atoms with Crippen molar-refractivity contribution in [1.82, 2.24) is 5.32 Å². The quantitative estimate of drug-likeness (QED) is 0.739. The predicted molar refractivity (Wildman–Crippen MR) is 99.6 cm³/mol. The van der Waals surface area contributed by atoms with Gasteiger partial charge in [0.05, 0.1) is 0 Å². The lowest BCUT2D eigenvalue weighted by atomic mass is 10.0. The Kier molecular flexibility index (Phi) is 5.00. The van der Waals surface area contributed by atoms with Crippen LogP contribution in [0.3, 0.4) is 0 Å². The first kappa shape index (κ1) is 17.0. The standard InChI is InChI=1S/C20H17ClN2O2/c21-17-11-4-2-7-14(17)12-18(19(22)24)23-20(25)16-10-5-8-13-6-1-3-9-15(13)16/h1-11,18H,12H2,(H2,22,24)(H,23,25)/t18-/m0/s1. The van der Waals surface area contributed by atoms with E-state index in [4.69, 9.17) is 17.3 Å². The summed E-state index contributed by atoms with van der Waals surface area (Å²) in [6.45, 7) is 0. The zero-order valence-corrected chi connectivity index (χ0v) is 14.2. The molecule has 2 amide bonds. The van der Waals surface area contributed by atoms with Gasteiger partial charge < -0.3 is 11.1 Å². The number of carbonyl (C=O) groups excluding carboxylic acids is 2. The molecule has 0 aliphatic carbocycles. The number of benzene rings is 3. The first-order chi connectivity index (χ1) is 12.1. The minimum Gasteiger partial charge on any atom is -0.368 e. The molecule has 25 heavy (non-hydrogen) atoms. The molecule has 3 aromatic rings. The molecule has 3 aromatic carbocycles. The summed E-state index contributed by atoms with van der Waals surface area (Å²) in [4.78, 5) is 24.5. The molecule has 3 N–H and O–H groups in total. The first-order valence-electron chi connectivity index (χ1n) is 7.87. The van der Waals surface area contributed by atoms with Crippen molar-refractivity contribution in [3.8, 4) is 0 Å². The molecule has 5 heteroatoms. The normalized spacial score (nSPS) is 11.9. The van der Waals surface area contributed by atoms with Crippen molar-refractivity contribution in [2.75, 3.05) is 0 Å². The number of nitrogens with two attached hydrogens (primary N) is 1. The molecule has 0 fully saturated rings. The van der Waals surface area contributed by atoms with Gasteiger partial charge in [-0.2, -0.15) is 0 Å². The third kappa shape index (κ3) is 3.80. The van der Waals surface area contributed by atoms with Crippen molar-refractivity contribution >= 4 is 34.2 Å². The van der Waals surface area contributed by atoms with Crippen LogP contribution in [0.25, 0.3) is 10.8 Å². The van der Waals surface area contributed by atoms with Gasteiger partial charge in [-0.1, -0.05) is 66.2 Å². The van der Waals surface area contributed by atoms with Crippen LogP contribution in [0.4, 0.5) is 0 Å². The number of amides is 2. The summed E-state index contributed by atoms with van der Waals surface area (Å²) < 4.78 is 0. The molecular formula is C20H17ClN2O2. The van der Waals surface area contributed by atoms with E-state index >= 15 is 0 Å². The van der Waals surface area contributed by atoms with E-state index in [1.807, 2.05) is 48.5 Å². The Morgan fingerprint density at radius 2 is 1.64 bits per heavy atom. The highest BCUT2D eigenvalue weighted by Crippen LogP contribution is 2.20. The molecule has 0 aliphatic rings. The molecule has 0 aliphatic heterocycles. The number of halogens is 1. The second-order valence-corrected chi connectivity index (χ2v) is 6.16. The smallest absolute Gasteiger partial charge is 0.252 e. The maximum absolute atomic E-state index is 12.7. The fraction of sp³-hybridized carbons (Fsp3) is 0.100. The van der Waals surface area contributed by atoms with E-state index in [2.05, 4.69) is 5.32 Å². The number of carbonyl (C=O) groups is 2. The fourth-order valence-electron chi connectivity index (χ4n) is 2.77. The molecule has 0 spiro atoms. The van der Waals surface area contributed by atoms with Gasteiger partial charge in [0.1, 0.15) is 6.04 Å². The molecule has 0 saturated heterocycles. The average Bonchev–Trinajstić information content (AvgIpc) is 2.62. The Morgan fingerprint density at radius 3 is 2.40 bits per heavy atom. The summed E-state index contributed by atoms with van der Waals surface area (Å²) in [5, 5.41) is 5.04. The van der Waals surface area contributed by atoms with Gasteiger partial charge in [0.2, 0.25) is 5.91 Å². The number of hydrogen-bond acceptors (Lipinski definition) is 2. The zero-order chi connectivity index (χ0) is 17.8. The van der Waals surface area contributed by atoms with Crippen molar-refractivity contribution in [2.45, 2.75) is 12.5 Å². The zero-order valence-electron chi connectivity index (χ0n) is 13.4. The van der Waals surface area contributed by atoms with Crippen molar-refractivity contribution in [3.05, 3.63) is 82.9 Å². The molecule has 0 unspecified atom stereocenters. The summed E-state index contributed by atoms with van der Waals surface area (Å²) in [5.41, 5.74) is 6.74. The summed E-state index contributed by atoms with van der Waals surface area (Å²) in [6, 6.07) is 19.4. The molecule has 3 rings (SSSR count). The molecule has 0 heterocycles. The third-order valence-corrected chi connectivity index (χ3v) is 4.43. The van der Waals surface area contributed by atoms with Crippen LogP contribution < -0.4 is 11.1 Å². The predicted octanol–water partition coefficient (Wildman–Crippen LogP) is 3.32. The summed E-state index contributed by atoms with van der Waals surface area (Å²) in [5.74, 6) is -0.943. The van der Waals surface area contributed by atoms with Crippen molar-refractivity contribution in [2.24, 2.45) is 5.73 Å². The van der Waals surface area contributed by atoms with Gasteiger partial charge in [-0.25, -0.2) is 0 Å². The summed E-state index contributed by atoms with van der Waals surface area (Å²) >= 11 is 6.14. The maximum atomic E-state index is 12.7. The van der Waals surface area contributed by atoms with Gasteiger partial charge in [-0.15, -0.1) is 0 Å². The van der Waals surface area contributed by atoms with Gasteiger partial charge in [0.15, 0.2) is 0 Å². The fourth-order valence-corrected chi connectivity index (χ4v) is 2.98. The minimum atomic E-state index is -0.841. The Bertz CT molecular complexity index is 934. The highest BCUT2D eigenvalue weighted by Gasteiger charge is 2.21.